The molecule has 0 bridgehead atoms. The lowest BCUT2D eigenvalue weighted by molar-refractivity contribution is 0.173. The number of aliphatic hydroxyl groups excluding tert-OH is 2. The van der Waals surface area contributed by atoms with Crippen molar-refractivity contribution in [3.8, 4) is 5.75 Å². The van der Waals surface area contributed by atoms with Gasteiger partial charge in [-0.05, 0) is 24.1 Å². The molecule has 0 fully saturated rings. The fourth-order valence-electron chi connectivity index (χ4n) is 1.19. The Kier molecular flexibility index (Phi) is 4.43. The van der Waals surface area contributed by atoms with Crippen LogP contribution in [0.15, 0.2) is 24.3 Å². The summed E-state index contributed by atoms with van der Waals surface area (Å²) in [6, 6.07) is 7.26. The third-order valence-electron chi connectivity index (χ3n) is 2.01. The molecule has 0 aliphatic heterocycles. The summed E-state index contributed by atoms with van der Waals surface area (Å²) >= 11 is 0. The Balaban J connectivity index is 2.59. The predicted octanol–water partition coefficient (Wildman–Crippen LogP) is 1.50. The van der Waals surface area contributed by atoms with Crippen LogP contribution >= 0.6 is 0 Å². The van der Waals surface area contributed by atoms with Crippen LogP contribution in [-0.4, -0.2) is 23.4 Å². The Morgan fingerprint density at radius 1 is 1.29 bits per heavy atom. The summed E-state index contributed by atoms with van der Waals surface area (Å²) < 4.78 is 5.19. The molecule has 2 N–H and O–H groups in total. The third kappa shape index (κ3) is 3.01. The van der Waals surface area contributed by atoms with E-state index in [1.165, 1.54) is 0 Å². The van der Waals surface area contributed by atoms with E-state index in [0.29, 0.717) is 18.8 Å². The summed E-state index contributed by atoms with van der Waals surface area (Å²) in [7, 11) is 0. The molecular weight excluding hydrogens is 180 g/mol. The van der Waals surface area contributed by atoms with E-state index in [9.17, 15) is 5.11 Å². The fourth-order valence-corrected chi connectivity index (χ4v) is 1.19. The first-order chi connectivity index (χ1) is 6.77. The molecule has 1 aromatic carbocycles. The summed E-state index contributed by atoms with van der Waals surface area (Å²) in [5.74, 6) is 0.714. The maximum absolute atomic E-state index is 9.52. The first kappa shape index (κ1) is 11.0. The van der Waals surface area contributed by atoms with Gasteiger partial charge in [-0.15, -0.1) is 0 Å². The molecule has 78 valence electrons. The van der Waals surface area contributed by atoms with Crippen molar-refractivity contribution >= 4 is 0 Å². The van der Waals surface area contributed by atoms with Crippen LogP contribution in [0.5, 0.6) is 5.75 Å². The molecule has 0 amide bonds. The van der Waals surface area contributed by atoms with Crippen molar-refractivity contribution in [1.29, 1.82) is 0 Å². The molecule has 0 aliphatic carbocycles. The van der Waals surface area contributed by atoms with Crippen LogP contribution in [0.2, 0.25) is 0 Å². The Morgan fingerprint density at radius 3 is 2.43 bits per heavy atom. The zero-order chi connectivity index (χ0) is 10.4. The molecule has 1 rings (SSSR count). The highest BCUT2D eigenvalue weighted by atomic mass is 16.5. The van der Waals surface area contributed by atoms with Gasteiger partial charge in [0, 0.05) is 0 Å². The van der Waals surface area contributed by atoms with Gasteiger partial charge >= 0.3 is 0 Å². The molecule has 14 heavy (non-hydrogen) atoms. The minimum absolute atomic E-state index is 0.0132. The SMILES string of the molecule is CC[C@H](O)c1ccc(OCCO)cc1. The van der Waals surface area contributed by atoms with Gasteiger partial charge in [0.25, 0.3) is 0 Å². The molecule has 0 saturated heterocycles. The molecule has 0 spiro atoms. The number of ether oxygens (including phenoxy) is 1. The molecule has 0 aliphatic rings. The lowest BCUT2D eigenvalue weighted by Crippen LogP contribution is -2.02. The number of aliphatic hydroxyl groups is 2. The second kappa shape index (κ2) is 5.62. The van der Waals surface area contributed by atoms with Gasteiger partial charge in [0.1, 0.15) is 12.4 Å². The Labute approximate surface area is 84.0 Å². The summed E-state index contributed by atoms with van der Waals surface area (Å²) in [5.41, 5.74) is 0.892. The third-order valence-corrected chi connectivity index (χ3v) is 2.01. The zero-order valence-electron chi connectivity index (χ0n) is 8.31. The van der Waals surface area contributed by atoms with E-state index in [0.717, 1.165) is 5.56 Å². The molecule has 1 aromatic rings. The van der Waals surface area contributed by atoms with Crippen LogP contribution in [0, 0.1) is 0 Å². The summed E-state index contributed by atoms with van der Waals surface area (Å²) in [5, 5.41) is 18.1. The predicted molar refractivity (Wildman–Crippen MR) is 54.3 cm³/mol. The van der Waals surface area contributed by atoms with Crippen LogP contribution in [0.25, 0.3) is 0 Å². The fraction of sp³-hybridized carbons (Fsp3) is 0.455. The van der Waals surface area contributed by atoms with E-state index < -0.39 is 6.10 Å². The van der Waals surface area contributed by atoms with Crippen LogP contribution < -0.4 is 4.74 Å². The highest BCUT2D eigenvalue weighted by molar-refractivity contribution is 5.28. The molecule has 0 aromatic heterocycles. The zero-order valence-corrected chi connectivity index (χ0v) is 8.31. The number of hydrogen-bond acceptors (Lipinski definition) is 3. The average Bonchev–Trinajstić information content (AvgIpc) is 2.26. The highest BCUT2D eigenvalue weighted by Crippen LogP contribution is 2.19. The van der Waals surface area contributed by atoms with Crippen LogP contribution in [0.1, 0.15) is 25.0 Å². The normalized spacial score (nSPS) is 12.5. The summed E-state index contributed by atoms with van der Waals surface area (Å²) in [6.45, 7) is 2.25. The second-order valence-electron chi connectivity index (χ2n) is 3.07. The minimum atomic E-state index is -0.401. The van der Waals surface area contributed by atoms with E-state index in [1.807, 2.05) is 19.1 Å². The second-order valence-corrected chi connectivity index (χ2v) is 3.07. The van der Waals surface area contributed by atoms with Crippen molar-refractivity contribution < 1.29 is 14.9 Å². The maximum atomic E-state index is 9.52. The van der Waals surface area contributed by atoms with Crippen molar-refractivity contribution in [3.05, 3.63) is 29.8 Å². The topological polar surface area (TPSA) is 49.7 Å². The van der Waals surface area contributed by atoms with Gasteiger partial charge in [0.2, 0.25) is 0 Å². The minimum Gasteiger partial charge on any atom is -0.491 e. The van der Waals surface area contributed by atoms with Crippen molar-refractivity contribution in [1.82, 2.24) is 0 Å². The van der Waals surface area contributed by atoms with Gasteiger partial charge in [-0.25, -0.2) is 0 Å². The largest absolute Gasteiger partial charge is 0.491 e. The molecule has 0 radical (unpaired) electrons. The van der Waals surface area contributed by atoms with Crippen molar-refractivity contribution in [2.24, 2.45) is 0 Å². The van der Waals surface area contributed by atoms with Gasteiger partial charge in [0.05, 0.1) is 12.7 Å². The summed E-state index contributed by atoms with van der Waals surface area (Å²) in [6.07, 6.45) is 0.304. The lowest BCUT2D eigenvalue weighted by atomic mass is 10.1. The molecular formula is C11H16O3. The molecule has 1 atom stereocenters. The van der Waals surface area contributed by atoms with Crippen LogP contribution in [-0.2, 0) is 0 Å². The monoisotopic (exact) mass is 196 g/mol. The van der Waals surface area contributed by atoms with Crippen molar-refractivity contribution in [2.75, 3.05) is 13.2 Å². The Morgan fingerprint density at radius 2 is 1.93 bits per heavy atom. The lowest BCUT2D eigenvalue weighted by Gasteiger charge is -2.09. The van der Waals surface area contributed by atoms with Gasteiger partial charge in [-0.2, -0.15) is 0 Å². The first-order valence-electron chi connectivity index (χ1n) is 4.79. The van der Waals surface area contributed by atoms with Crippen LogP contribution in [0.4, 0.5) is 0 Å². The number of hydrogen-bond donors (Lipinski definition) is 2. The van der Waals surface area contributed by atoms with Gasteiger partial charge in [-0.3, -0.25) is 0 Å². The van der Waals surface area contributed by atoms with Gasteiger partial charge in [0.15, 0.2) is 0 Å². The van der Waals surface area contributed by atoms with E-state index in [4.69, 9.17) is 9.84 Å². The Bertz CT molecular complexity index is 256. The summed E-state index contributed by atoms with van der Waals surface area (Å²) in [4.78, 5) is 0. The maximum Gasteiger partial charge on any atom is 0.119 e. The van der Waals surface area contributed by atoms with E-state index in [-0.39, 0.29) is 6.61 Å². The smallest absolute Gasteiger partial charge is 0.119 e. The Hall–Kier alpha value is -1.06. The van der Waals surface area contributed by atoms with Crippen molar-refractivity contribution in [2.45, 2.75) is 19.4 Å². The average molecular weight is 196 g/mol. The van der Waals surface area contributed by atoms with Gasteiger partial charge < -0.3 is 14.9 Å². The molecule has 3 heteroatoms. The van der Waals surface area contributed by atoms with E-state index in [2.05, 4.69) is 0 Å². The number of rotatable bonds is 5. The van der Waals surface area contributed by atoms with E-state index >= 15 is 0 Å². The molecule has 0 unspecified atom stereocenters. The van der Waals surface area contributed by atoms with Crippen molar-refractivity contribution in [3.63, 3.8) is 0 Å². The molecule has 3 nitrogen and oxygen atoms in total. The first-order valence-corrected chi connectivity index (χ1v) is 4.79. The van der Waals surface area contributed by atoms with E-state index in [1.54, 1.807) is 12.1 Å². The van der Waals surface area contributed by atoms with Crippen LogP contribution in [0.3, 0.4) is 0 Å². The standard InChI is InChI=1S/C11H16O3/c1-2-11(13)9-3-5-10(6-4-9)14-8-7-12/h3-6,11-13H,2,7-8H2,1H3/t11-/m0/s1. The van der Waals surface area contributed by atoms with Gasteiger partial charge in [-0.1, -0.05) is 19.1 Å². The number of benzene rings is 1. The molecule has 0 heterocycles. The quantitative estimate of drug-likeness (QED) is 0.750. The molecule has 0 saturated carbocycles. The highest BCUT2D eigenvalue weighted by Gasteiger charge is 2.03.